The molecule has 0 saturated heterocycles. The molecule has 3 heterocycles. The Morgan fingerprint density at radius 2 is 2.09 bits per heavy atom. The average Bonchev–Trinajstić information content (AvgIpc) is 3.30. The van der Waals surface area contributed by atoms with Crippen LogP contribution in [0.2, 0.25) is 0 Å². The Labute approximate surface area is 140 Å². The maximum Gasteiger partial charge on any atom is 0.191 e. The minimum absolute atomic E-state index is 0.604. The first-order chi connectivity index (χ1) is 11.3. The molecule has 120 valence electrons. The molecule has 6 heteroatoms. The molecule has 3 aromatic rings. The highest BCUT2D eigenvalue weighted by Crippen LogP contribution is 2.34. The van der Waals surface area contributed by atoms with Gasteiger partial charge in [0.1, 0.15) is 11.5 Å². The van der Waals surface area contributed by atoms with E-state index in [1.165, 1.54) is 31.5 Å². The van der Waals surface area contributed by atoms with Crippen molar-refractivity contribution in [3.8, 4) is 0 Å². The molecular weight excluding hydrogens is 306 g/mol. The van der Waals surface area contributed by atoms with Crippen LogP contribution in [0.4, 0.5) is 0 Å². The number of hydrogen-bond donors (Lipinski definition) is 0. The first-order valence-corrected chi connectivity index (χ1v) is 9.32. The SMILES string of the molecule is CCn1c(SCc2cn3ccccc3n2)nnc1C1CCCC1. The molecular formula is C17H21N5S. The average molecular weight is 327 g/mol. The fraction of sp³-hybridized carbons (Fsp3) is 0.471. The van der Waals surface area contributed by atoms with E-state index in [1.807, 2.05) is 24.4 Å². The van der Waals surface area contributed by atoms with E-state index in [0.717, 1.165) is 28.8 Å². The number of imidazole rings is 1. The molecule has 0 N–H and O–H groups in total. The van der Waals surface area contributed by atoms with Crippen LogP contribution in [-0.2, 0) is 12.3 Å². The second-order valence-electron chi connectivity index (χ2n) is 6.05. The molecule has 0 unspecified atom stereocenters. The third-order valence-electron chi connectivity index (χ3n) is 4.55. The van der Waals surface area contributed by atoms with Crippen molar-refractivity contribution >= 4 is 17.4 Å². The lowest BCUT2D eigenvalue weighted by Gasteiger charge is -2.11. The van der Waals surface area contributed by atoms with Gasteiger partial charge in [-0.25, -0.2) is 4.98 Å². The quantitative estimate of drug-likeness (QED) is 0.667. The standard InChI is InChI=1S/C17H21N5S/c1-2-22-16(13-7-3-4-8-13)19-20-17(22)23-12-14-11-21-10-6-5-9-15(21)18-14/h5-6,9-11,13H,2-4,7-8,12H2,1H3. The van der Waals surface area contributed by atoms with Crippen LogP contribution in [0, 0.1) is 0 Å². The highest BCUT2D eigenvalue weighted by Gasteiger charge is 2.24. The number of aromatic nitrogens is 5. The van der Waals surface area contributed by atoms with Crippen molar-refractivity contribution in [2.45, 2.75) is 56.0 Å². The lowest BCUT2D eigenvalue weighted by Crippen LogP contribution is -2.06. The van der Waals surface area contributed by atoms with Gasteiger partial charge in [-0.1, -0.05) is 30.7 Å². The maximum absolute atomic E-state index is 4.65. The third-order valence-corrected chi connectivity index (χ3v) is 5.55. The van der Waals surface area contributed by atoms with E-state index >= 15 is 0 Å². The van der Waals surface area contributed by atoms with Gasteiger partial charge in [0.25, 0.3) is 0 Å². The van der Waals surface area contributed by atoms with Crippen molar-refractivity contribution in [2.24, 2.45) is 0 Å². The molecule has 1 fully saturated rings. The van der Waals surface area contributed by atoms with E-state index < -0.39 is 0 Å². The number of pyridine rings is 1. The van der Waals surface area contributed by atoms with Gasteiger partial charge in [0.15, 0.2) is 5.16 Å². The van der Waals surface area contributed by atoms with Crippen molar-refractivity contribution in [3.05, 3.63) is 42.1 Å². The predicted molar refractivity (Wildman–Crippen MR) is 91.7 cm³/mol. The van der Waals surface area contributed by atoms with Gasteiger partial charge < -0.3 is 8.97 Å². The maximum atomic E-state index is 4.65. The summed E-state index contributed by atoms with van der Waals surface area (Å²) in [7, 11) is 0. The van der Waals surface area contributed by atoms with Crippen LogP contribution in [-0.4, -0.2) is 24.1 Å². The van der Waals surface area contributed by atoms with Crippen LogP contribution in [0.3, 0.4) is 0 Å². The van der Waals surface area contributed by atoms with Crippen LogP contribution in [0.15, 0.2) is 35.7 Å². The molecule has 5 nitrogen and oxygen atoms in total. The van der Waals surface area contributed by atoms with Crippen molar-refractivity contribution in [1.29, 1.82) is 0 Å². The van der Waals surface area contributed by atoms with Gasteiger partial charge in [-0.15, -0.1) is 10.2 Å². The Balaban J connectivity index is 1.52. The second kappa shape index (κ2) is 6.35. The summed E-state index contributed by atoms with van der Waals surface area (Å²) in [4.78, 5) is 4.65. The minimum atomic E-state index is 0.604. The van der Waals surface area contributed by atoms with Gasteiger partial charge in [-0.05, 0) is 31.9 Å². The molecule has 3 aromatic heterocycles. The molecule has 0 radical (unpaired) electrons. The van der Waals surface area contributed by atoms with Crippen LogP contribution < -0.4 is 0 Å². The number of hydrogen-bond acceptors (Lipinski definition) is 4. The lowest BCUT2D eigenvalue weighted by molar-refractivity contribution is 0.576. The number of nitrogens with zero attached hydrogens (tertiary/aromatic N) is 5. The molecule has 1 saturated carbocycles. The van der Waals surface area contributed by atoms with Gasteiger partial charge in [0, 0.05) is 30.6 Å². The van der Waals surface area contributed by atoms with E-state index in [0.29, 0.717) is 5.92 Å². The molecule has 0 amide bonds. The van der Waals surface area contributed by atoms with Crippen molar-refractivity contribution in [2.75, 3.05) is 0 Å². The van der Waals surface area contributed by atoms with Gasteiger partial charge in [0.2, 0.25) is 0 Å². The molecule has 0 bridgehead atoms. The summed E-state index contributed by atoms with van der Waals surface area (Å²) >= 11 is 1.73. The van der Waals surface area contributed by atoms with E-state index in [9.17, 15) is 0 Å². The lowest BCUT2D eigenvalue weighted by atomic mass is 10.1. The molecule has 0 aromatic carbocycles. The van der Waals surface area contributed by atoms with Gasteiger partial charge in [-0.3, -0.25) is 0 Å². The number of rotatable bonds is 5. The second-order valence-corrected chi connectivity index (χ2v) is 7.00. The molecule has 23 heavy (non-hydrogen) atoms. The van der Waals surface area contributed by atoms with E-state index in [2.05, 4.69) is 37.3 Å². The van der Waals surface area contributed by atoms with E-state index in [-0.39, 0.29) is 0 Å². The Bertz CT molecular complexity index is 767. The Morgan fingerprint density at radius 3 is 2.87 bits per heavy atom. The first kappa shape index (κ1) is 14.8. The zero-order valence-corrected chi connectivity index (χ0v) is 14.2. The van der Waals surface area contributed by atoms with E-state index in [1.54, 1.807) is 11.8 Å². The molecule has 0 atom stereocenters. The van der Waals surface area contributed by atoms with Crippen LogP contribution in [0.5, 0.6) is 0 Å². The fourth-order valence-corrected chi connectivity index (χ4v) is 4.28. The summed E-state index contributed by atoms with van der Waals surface area (Å²) in [6.45, 7) is 3.11. The van der Waals surface area contributed by atoms with Gasteiger partial charge >= 0.3 is 0 Å². The number of fused-ring (bicyclic) bond motifs is 1. The Morgan fingerprint density at radius 1 is 1.22 bits per heavy atom. The van der Waals surface area contributed by atoms with Gasteiger partial charge in [-0.2, -0.15) is 0 Å². The van der Waals surface area contributed by atoms with E-state index in [4.69, 9.17) is 0 Å². The fourth-order valence-electron chi connectivity index (χ4n) is 3.39. The Kier molecular flexibility index (Phi) is 4.08. The topological polar surface area (TPSA) is 48.0 Å². The normalized spacial score (nSPS) is 15.7. The highest BCUT2D eigenvalue weighted by atomic mass is 32.2. The van der Waals surface area contributed by atoms with Crippen molar-refractivity contribution in [1.82, 2.24) is 24.1 Å². The van der Waals surface area contributed by atoms with Crippen molar-refractivity contribution in [3.63, 3.8) is 0 Å². The molecule has 4 rings (SSSR count). The minimum Gasteiger partial charge on any atom is -0.307 e. The van der Waals surface area contributed by atoms with Crippen LogP contribution in [0.1, 0.15) is 50.0 Å². The summed E-state index contributed by atoms with van der Waals surface area (Å²) in [5.74, 6) is 2.61. The molecule has 0 aliphatic heterocycles. The van der Waals surface area contributed by atoms with Crippen LogP contribution in [0.25, 0.3) is 5.65 Å². The molecule has 0 spiro atoms. The summed E-state index contributed by atoms with van der Waals surface area (Å²) in [5, 5.41) is 9.95. The number of thioether (sulfide) groups is 1. The monoisotopic (exact) mass is 327 g/mol. The predicted octanol–water partition coefficient (Wildman–Crippen LogP) is 3.90. The summed E-state index contributed by atoms with van der Waals surface area (Å²) in [6.07, 6.45) is 9.29. The summed E-state index contributed by atoms with van der Waals surface area (Å²) in [5.41, 5.74) is 2.07. The zero-order chi connectivity index (χ0) is 15.6. The van der Waals surface area contributed by atoms with Gasteiger partial charge in [0.05, 0.1) is 5.69 Å². The van der Waals surface area contributed by atoms with Crippen molar-refractivity contribution < 1.29 is 0 Å². The van der Waals surface area contributed by atoms with Crippen LogP contribution >= 0.6 is 11.8 Å². The summed E-state index contributed by atoms with van der Waals surface area (Å²) < 4.78 is 4.35. The first-order valence-electron chi connectivity index (χ1n) is 8.33. The largest absolute Gasteiger partial charge is 0.307 e. The highest BCUT2D eigenvalue weighted by molar-refractivity contribution is 7.98. The zero-order valence-electron chi connectivity index (χ0n) is 13.4. The Hall–Kier alpha value is -1.82. The molecule has 1 aliphatic rings. The third kappa shape index (κ3) is 2.87. The molecule has 1 aliphatic carbocycles. The smallest absolute Gasteiger partial charge is 0.191 e. The summed E-state index contributed by atoms with van der Waals surface area (Å²) in [6, 6.07) is 6.06.